The maximum atomic E-state index is 12.3. The molecule has 0 radical (unpaired) electrons. The molecule has 2 rings (SSSR count). The normalized spacial score (nSPS) is 12.0. The summed E-state index contributed by atoms with van der Waals surface area (Å²) in [5.74, 6) is 0.624. The minimum Gasteiger partial charge on any atom is -0.494 e. The Morgan fingerprint density at radius 1 is 1.17 bits per heavy atom. The van der Waals surface area contributed by atoms with Gasteiger partial charge in [0.25, 0.3) is 10.0 Å². The zero-order valence-electron chi connectivity index (χ0n) is 12.8. The maximum absolute atomic E-state index is 12.3. The molecule has 23 heavy (non-hydrogen) atoms. The lowest BCUT2D eigenvalue weighted by Crippen LogP contribution is -2.20. The van der Waals surface area contributed by atoms with Gasteiger partial charge in [0.2, 0.25) is 0 Å². The Morgan fingerprint density at radius 3 is 2.43 bits per heavy atom. The van der Waals surface area contributed by atoms with Gasteiger partial charge in [-0.3, -0.25) is 0 Å². The molecule has 0 aliphatic heterocycles. The van der Waals surface area contributed by atoms with Gasteiger partial charge < -0.3 is 4.74 Å². The van der Waals surface area contributed by atoms with Gasteiger partial charge in [0.05, 0.1) is 17.2 Å². The summed E-state index contributed by atoms with van der Waals surface area (Å²) < 4.78 is 30.6. The second-order valence-corrected chi connectivity index (χ2v) is 7.19. The molecule has 122 valence electrons. The van der Waals surface area contributed by atoms with E-state index in [0.717, 1.165) is 10.0 Å². The second-order valence-electron chi connectivity index (χ2n) is 4.68. The van der Waals surface area contributed by atoms with Crippen LogP contribution in [0.2, 0.25) is 0 Å². The van der Waals surface area contributed by atoms with Gasteiger partial charge in [0.1, 0.15) is 5.75 Å². The highest BCUT2D eigenvalue weighted by Gasteiger charge is 2.13. The third-order valence-corrected chi connectivity index (χ3v) is 4.96. The fraction of sp³-hybridized carbons (Fsp3) is 0.188. The molecule has 0 atom stereocenters. The van der Waals surface area contributed by atoms with Crippen LogP contribution in [-0.4, -0.2) is 20.7 Å². The first-order chi connectivity index (χ1) is 10.9. The summed E-state index contributed by atoms with van der Waals surface area (Å²) in [4.78, 5) is 2.38. The Hall–Kier alpha value is -1.86. The predicted octanol–water partition coefficient (Wildman–Crippen LogP) is 3.55. The highest BCUT2D eigenvalue weighted by molar-refractivity contribution is 9.10. The molecular formula is C16H17BrN2O3S. The van der Waals surface area contributed by atoms with Crippen LogP contribution in [0.3, 0.4) is 0 Å². The summed E-state index contributed by atoms with van der Waals surface area (Å²) in [5.41, 5.74) is 1.38. The van der Waals surface area contributed by atoms with Crippen LogP contribution in [0, 0.1) is 0 Å². The number of nitrogens with one attached hydrogen (secondary N) is 1. The molecule has 0 fully saturated rings. The molecule has 2 aromatic carbocycles. The third kappa shape index (κ3) is 4.56. The first-order valence-corrected chi connectivity index (χ1v) is 9.25. The van der Waals surface area contributed by atoms with E-state index < -0.39 is 10.0 Å². The van der Waals surface area contributed by atoms with Crippen molar-refractivity contribution < 1.29 is 13.2 Å². The molecule has 0 amide bonds. The molecule has 1 N–H and O–H groups in total. The van der Waals surface area contributed by atoms with E-state index in [-0.39, 0.29) is 4.90 Å². The minimum atomic E-state index is -3.72. The first kappa shape index (κ1) is 17.5. The van der Waals surface area contributed by atoms with Gasteiger partial charge in [-0.2, -0.15) is 18.4 Å². The number of halogens is 1. The van der Waals surface area contributed by atoms with E-state index >= 15 is 0 Å². The number of benzene rings is 2. The fourth-order valence-electron chi connectivity index (χ4n) is 1.88. The molecule has 0 spiro atoms. The lowest BCUT2D eigenvalue weighted by Gasteiger charge is -2.08. The van der Waals surface area contributed by atoms with Crippen molar-refractivity contribution in [3.63, 3.8) is 0 Å². The summed E-state index contributed by atoms with van der Waals surface area (Å²) in [5, 5.41) is 3.98. The van der Waals surface area contributed by atoms with Gasteiger partial charge in [-0.15, -0.1) is 0 Å². The average molecular weight is 397 g/mol. The highest BCUT2D eigenvalue weighted by atomic mass is 79.9. The van der Waals surface area contributed by atoms with Crippen LogP contribution >= 0.6 is 15.9 Å². The van der Waals surface area contributed by atoms with E-state index in [4.69, 9.17) is 4.74 Å². The van der Waals surface area contributed by atoms with Crippen LogP contribution in [0.1, 0.15) is 19.4 Å². The van der Waals surface area contributed by atoms with Crippen molar-refractivity contribution in [1.82, 2.24) is 4.83 Å². The monoisotopic (exact) mass is 396 g/mol. The molecular weight excluding hydrogens is 380 g/mol. The van der Waals surface area contributed by atoms with Gasteiger partial charge in [-0.25, -0.2) is 0 Å². The maximum Gasteiger partial charge on any atom is 0.276 e. The zero-order valence-corrected chi connectivity index (χ0v) is 15.2. The summed E-state index contributed by atoms with van der Waals surface area (Å²) in [6.07, 6.45) is 0. The van der Waals surface area contributed by atoms with E-state index in [1.807, 2.05) is 31.2 Å². The molecule has 0 aliphatic carbocycles. The van der Waals surface area contributed by atoms with Crippen molar-refractivity contribution in [3.8, 4) is 5.75 Å². The Balaban J connectivity index is 2.18. The Bertz CT molecular complexity index is 802. The van der Waals surface area contributed by atoms with Crippen molar-refractivity contribution in [2.45, 2.75) is 18.7 Å². The third-order valence-electron chi connectivity index (χ3n) is 3.04. The number of sulfonamides is 1. The summed E-state index contributed by atoms with van der Waals surface area (Å²) in [7, 11) is -3.72. The van der Waals surface area contributed by atoms with Crippen LogP contribution in [0.15, 0.2) is 63.0 Å². The molecule has 0 bridgehead atoms. The van der Waals surface area contributed by atoms with Crippen molar-refractivity contribution in [2.75, 3.05) is 6.61 Å². The molecule has 7 heteroatoms. The summed E-state index contributed by atoms with van der Waals surface area (Å²) >= 11 is 3.41. The average Bonchev–Trinajstić information content (AvgIpc) is 2.54. The molecule has 0 aromatic heterocycles. The van der Waals surface area contributed by atoms with E-state index in [0.29, 0.717) is 18.1 Å². The SMILES string of the molecule is CCOc1ccc(S(=O)(=O)N/N=C(\C)c2ccccc2Br)cc1. The van der Waals surface area contributed by atoms with Crippen LogP contribution in [0.4, 0.5) is 0 Å². The lowest BCUT2D eigenvalue weighted by molar-refractivity contribution is 0.340. The Morgan fingerprint density at radius 2 is 1.83 bits per heavy atom. The number of hydrazone groups is 1. The molecule has 0 aliphatic rings. The van der Waals surface area contributed by atoms with Crippen molar-refractivity contribution in [2.24, 2.45) is 5.10 Å². The zero-order chi connectivity index (χ0) is 16.9. The first-order valence-electron chi connectivity index (χ1n) is 6.98. The van der Waals surface area contributed by atoms with E-state index in [9.17, 15) is 8.42 Å². The van der Waals surface area contributed by atoms with Crippen LogP contribution in [0.25, 0.3) is 0 Å². The van der Waals surface area contributed by atoms with Crippen molar-refractivity contribution in [1.29, 1.82) is 0 Å². The highest BCUT2D eigenvalue weighted by Crippen LogP contribution is 2.18. The van der Waals surface area contributed by atoms with Crippen molar-refractivity contribution >= 4 is 31.7 Å². The summed E-state index contributed by atoms with van der Waals surface area (Å²) in [6, 6.07) is 13.7. The second kappa shape index (κ2) is 7.61. The Labute approximate surface area is 144 Å². The van der Waals surface area contributed by atoms with Crippen LogP contribution in [0.5, 0.6) is 5.75 Å². The van der Waals surface area contributed by atoms with Crippen LogP contribution < -0.4 is 9.57 Å². The molecule has 0 saturated carbocycles. The largest absolute Gasteiger partial charge is 0.494 e. The van der Waals surface area contributed by atoms with Crippen molar-refractivity contribution in [3.05, 3.63) is 58.6 Å². The standard InChI is InChI=1S/C16H17BrN2O3S/c1-3-22-13-8-10-14(11-9-13)23(20,21)19-18-12(2)15-6-4-5-7-16(15)17/h4-11,19H,3H2,1-2H3/b18-12+. The molecule has 5 nitrogen and oxygen atoms in total. The minimum absolute atomic E-state index is 0.129. The van der Waals surface area contributed by atoms with E-state index in [1.165, 1.54) is 12.1 Å². The van der Waals surface area contributed by atoms with E-state index in [1.54, 1.807) is 19.1 Å². The fourth-order valence-corrected chi connectivity index (χ4v) is 3.31. The van der Waals surface area contributed by atoms with Gasteiger partial charge in [0, 0.05) is 10.0 Å². The van der Waals surface area contributed by atoms with Gasteiger partial charge in [0.15, 0.2) is 0 Å². The molecule has 2 aromatic rings. The van der Waals surface area contributed by atoms with Gasteiger partial charge in [-0.1, -0.05) is 34.1 Å². The molecule has 0 unspecified atom stereocenters. The Kier molecular flexibility index (Phi) is 5.79. The number of ether oxygens (including phenoxy) is 1. The number of rotatable bonds is 6. The summed E-state index contributed by atoms with van der Waals surface area (Å²) in [6.45, 7) is 4.13. The number of nitrogens with zero attached hydrogens (tertiary/aromatic N) is 1. The molecule has 0 saturated heterocycles. The smallest absolute Gasteiger partial charge is 0.276 e. The lowest BCUT2D eigenvalue weighted by atomic mass is 10.1. The van der Waals surface area contributed by atoms with Gasteiger partial charge in [-0.05, 0) is 44.2 Å². The van der Waals surface area contributed by atoms with Gasteiger partial charge >= 0.3 is 0 Å². The quantitative estimate of drug-likeness (QED) is 0.599. The predicted molar refractivity (Wildman–Crippen MR) is 94.3 cm³/mol. The number of hydrogen-bond acceptors (Lipinski definition) is 4. The number of hydrogen-bond donors (Lipinski definition) is 1. The topological polar surface area (TPSA) is 67.8 Å². The molecule has 0 heterocycles. The van der Waals surface area contributed by atoms with Crippen LogP contribution in [-0.2, 0) is 10.0 Å². The van der Waals surface area contributed by atoms with E-state index in [2.05, 4.69) is 25.9 Å².